The van der Waals surface area contributed by atoms with Crippen LogP contribution in [-0.2, 0) is 14.6 Å². The number of carbonyl (C=O) groups is 1. The first-order chi connectivity index (χ1) is 9.90. The molecule has 2 rings (SSSR count). The molecule has 21 heavy (non-hydrogen) atoms. The molecular weight excluding hydrogens is 288 g/mol. The number of benzene rings is 1. The molecule has 3 N–H and O–H groups in total. The zero-order valence-corrected chi connectivity index (χ0v) is 13.0. The van der Waals surface area contributed by atoms with Gasteiger partial charge >= 0.3 is 0 Å². The number of amides is 1. The number of hydrogen-bond acceptors (Lipinski definition) is 4. The Bertz CT molecular complexity index is 588. The molecule has 6 heteroatoms. The molecule has 0 saturated heterocycles. The fourth-order valence-corrected chi connectivity index (χ4v) is 3.32. The molecule has 1 aliphatic carbocycles. The lowest BCUT2D eigenvalue weighted by molar-refractivity contribution is -0.121. The van der Waals surface area contributed by atoms with E-state index in [-0.39, 0.29) is 16.7 Å². The van der Waals surface area contributed by atoms with Crippen LogP contribution in [0.25, 0.3) is 0 Å². The smallest absolute Gasteiger partial charge is 0.227 e. The summed E-state index contributed by atoms with van der Waals surface area (Å²) in [5.41, 5.74) is 6.28. The Balaban J connectivity index is 1.94. The van der Waals surface area contributed by atoms with E-state index >= 15 is 0 Å². The summed E-state index contributed by atoms with van der Waals surface area (Å²) in [6.45, 7) is 0.696. The van der Waals surface area contributed by atoms with Crippen LogP contribution < -0.4 is 11.1 Å². The molecule has 1 fully saturated rings. The van der Waals surface area contributed by atoms with Crippen molar-refractivity contribution in [2.24, 2.45) is 17.6 Å². The molecule has 5 nitrogen and oxygen atoms in total. The predicted molar refractivity (Wildman–Crippen MR) is 82.7 cm³/mol. The van der Waals surface area contributed by atoms with Crippen molar-refractivity contribution in [3.05, 3.63) is 24.3 Å². The van der Waals surface area contributed by atoms with Crippen molar-refractivity contribution in [2.45, 2.75) is 30.6 Å². The number of nitrogens with two attached hydrogens (primary N) is 1. The predicted octanol–water partition coefficient (Wildman–Crippen LogP) is 1.79. The zero-order chi connectivity index (χ0) is 15.5. The second kappa shape index (κ2) is 6.58. The molecule has 0 spiro atoms. The molecular formula is C15H22N2O3S. The third-order valence-corrected chi connectivity index (χ3v) is 5.23. The maximum atomic E-state index is 12.2. The summed E-state index contributed by atoms with van der Waals surface area (Å²) in [6.07, 6.45) is 4.91. The van der Waals surface area contributed by atoms with Gasteiger partial charge in [0.15, 0.2) is 9.84 Å². The van der Waals surface area contributed by atoms with E-state index in [2.05, 4.69) is 5.32 Å². The Hall–Kier alpha value is -1.40. The van der Waals surface area contributed by atoms with Crippen LogP contribution in [0.4, 0.5) is 5.69 Å². The van der Waals surface area contributed by atoms with Gasteiger partial charge in [-0.15, -0.1) is 0 Å². The lowest BCUT2D eigenvalue weighted by atomic mass is 9.81. The molecule has 0 aliphatic heterocycles. The SMILES string of the molecule is CS(=O)(=O)c1ccc(NC(=O)C2CCC(CN)CC2)cc1. The van der Waals surface area contributed by atoms with Gasteiger partial charge in [-0.25, -0.2) is 8.42 Å². The van der Waals surface area contributed by atoms with E-state index in [0.29, 0.717) is 18.2 Å². The van der Waals surface area contributed by atoms with Gasteiger partial charge in [-0.05, 0) is 62.4 Å². The third-order valence-electron chi connectivity index (χ3n) is 4.10. The van der Waals surface area contributed by atoms with E-state index in [1.54, 1.807) is 12.1 Å². The van der Waals surface area contributed by atoms with E-state index in [1.807, 2.05) is 0 Å². The first kappa shape index (κ1) is 16.0. The molecule has 1 aromatic carbocycles. The van der Waals surface area contributed by atoms with Crippen molar-refractivity contribution < 1.29 is 13.2 Å². The fourth-order valence-electron chi connectivity index (χ4n) is 2.69. The normalized spacial score (nSPS) is 22.8. The van der Waals surface area contributed by atoms with Crippen molar-refractivity contribution in [3.63, 3.8) is 0 Å². The van der Waals surface area contributed by atoms with Gasteiger partial charge < -0.3 is 11.1 Å². The van der Waals surface area contributed by atoms with Gasteiger partial charge in [0.25, 0.3) is 0 Å². The number of hydrogen-bond donors (Lipinski definition) is 2. The van der Waals surface area contributed by atoms with Crippen LogP contribution in [0.5, 0.6) is 0 Å². The lowest BCUT2D eigenvalue weighted by Gasteiger charge is -2.26. The van der Waals surface area contributed by atoms with E-state index in [4.69, 9.17) is 5.73 Å². The topological polar surface area (TPSA) is 89.3 Å². The Morgan fingerprint density at radius 1 is 1.19 bits per heavy atom. The van der Waals surface area contributed by atoms with Crippen LogP contribution in [-0.4, -0.2) is 27.1 Å². The molecule has 0 aromatic heterocycles. The van der Waals surface area contributed by atoms with Crippen LogP contribution in [0.2, 0.25) is 0 Å². The highest BCUT2D eigenvalue weighted by atomic mass is 32.2. The minimum Gasteiger partial charge on any atom is -0.330 e. The number of carbonyl (C=O) groups excluding carboxylic acids is 1. The van der Waals surface area contributed by atoms with Crippen LogP contribution in [0.1, 0.15) is 25.7 Å². The van der Waals surface area contributed by atoms with Crippen molar-refractivity contribution in [3.8, 4) is 0 Å². The highest BCUT2D eigenvalue weighted by molar-refractivity contribution is 7.90. The number of nitrogens with one attached hydrogen (secondary N) is 1. The summed E-state index contributed by atoms with van der Waals surface area (Å²) >= 11 is 0. The first-order valence-corrected chi connectivity index (χ1v) is 9.10. The maximum Gasteiger partial charge on any atom is 0.227 e. The highest BCUT2D eigenvalue weighted by Gasteiger charge is 2.25. The first-order valence-electron chi connectivity index (χ1n) is 7.21. The molecule has 0 heterocycles. The standard InChI is InChI=1S/C15H22N2O3S/c1-21(19,20)14-8-6-13(7-9-14)17-15(18)12-4-2-11(10-16)3-5-12/h6-9,11-12H,2-5,10,16H2,1H3,(H,17,18). The van der Waals surface area contributed by atoms with Gasteiger partial charge in [-0.3, -0.25) is 4.79 Å². The van der Waals surface area contributed by atoms with Gasteiger partial charge in [0.05, 0.1) is 4.90 Å². The van der Waals surface area contributed by atoms with Gasteiger partial charge in [-0.1, -0.05) is 0 Å². The summed E-state index contributed by atoms with van der Waals surface area (Å²) in [5, 5.41) is 2.86. The molecule has 0 bridgehead atoms. The van der Waals surface area contributed by atoms with Crippen LogP contribution in [0.15, 0.2) is 29.2 Å². The second-order valence-corrected chi connectivity index (χ2v) is 7.75. The highest BCUT2D eigenvalue weighted by Crippen LogP contribution is 2.29. The number of anilines is 1. The summed E-state index contributed by atoms with van der Waals surface area (Å²) in [6, 6.07) is 6.27. The molecule has 0 radical (unpaired) electrons. The van der Waals surface area contributed by atoms with E-state index < -0.39 is 9.84 Å². The quantitative estimate of drug-likeness (QED) is 0.887. The Kier molecular flexibility index (Phi) is 5.00. The molecule has 1 aliphatic rings. The average molecular weight is 310 g/mol. The van der Waals surface area contributed by atoms with Crippen molar-refractivity contribution >= 4 is 21.4 Å². The summed E-state index contributed by atoms with van der Waals surface area (Å²) in [4.78, 5) is 12.4. The average Bonchev–Trinajstić information content (AvgIpc) is 2.47. The Morgan fingerprint density at radius 3 is 2.24 bits per heavy atom. The maximum absolute atomic E-state index is 12.2. The van der Waals surface area contributed by atoms with Crippen molar-refractivity contribution in [1.82, 2.24) is 0 Å². The number of sulfone groups is 1. The van der Waals surface area contributed by atoms with E-state index in [9.17, 15) is 13.2 Å². The van der Waals surface area contributed by atoms with E-state index in [0.717, 1.165) is 31.9 Å². The van der Waals surface area contributed by atoms with Crippen LogP contribution >= 0.6 is 0 Å². The monoisotopic (exact) mass is 310 g/mol. The zero-order valence-electron chi connectivity index (χ0n) is 12.2. The third kappa shape index (κ3) is 4.28. The summed E-state index contributed by atoms with van der Waals surface area (Å²) < 4.78 is 22.8. The lowest BCUT2D eigenvalue weighted by Crippen LogP contribution is -2.29. The Labute approximate surface area is 125 Å². The summed E-state index contributed by atoms with van der Waals surface area (Å²) in [5.74, 6) is 0.586. The van der Waals surface area contributed by atoms with E-state index in [1.165, 1.54) is 12.1 Å². The minimum atomic E-state index is -3.20. The Morgan fingerprint density at radius 2 is 1.76 bits per heavy atom. The van der Waals surface area contributed by atoms with Gasteiger partial charge in [-0.2, -0.15) is 0 Å². The molecule has 1 aromatic rings. The number of rotatable bonds is 4. The van der Waals surface area contributed by atoms with Crippen molar-refractivity contribution in [1.29, 1.82) is 0 Å². The molecule has 0 unspecified atom stereocenters. The molecule has 1 amide bonds. The van der Waals surface area contributed by atoms with Crippen LogP contribution in [0.3, 0.4) is 0 Å². The van der Waals surface area contributed by atoms with Gasteiger partial charge in [0, 0.05) is 17.9 Å². The summed E-state index contributed by atoms with van der Waals surface area (Å²) in [7, 11) is -3.20. The minimum absolute atomic E-state index is 0.0116. The van der Waals surface area contributed by atoms with Gasteiger partial charge in [0.1, 0.15) is 0 Å². The largest absolute Gasteiger partial charge is 0.330 e. The van der Waals surface area contributed by atoms with Crippen LogP contribution in [0, 0.1) is 11.8 Å². The fraction of sp³-hybridized carbons (Fsp3) is 0.533. The van der Waals surface area contributed by atoms with Crippen molar-refractivity contribution in [2.75, 3.05) is 18.1 Å². The molecule has 116 valence electrons. The molecule has 0 atom stereocenters. The van der Waals surface area contributed by atoms with Gasteiger partial charge in [0.2, 0.25) is 5.91 Å². The molecule has 1 saturated carbocycles. The second-order valence-electron chi connectivity index (χ2n) is 5.74.